The highest BCUT2D eigenvalue weighted by Crippen LogP contribution is 2.47. The van der Waals surface area contributed by atoms with Crippen molar-refractivity contribution in [1.82, 2.24) is 10.3 Å². The molecule has 1 heterocycles. The Hall–Kier alpha value is -1.29. The molecule has 0 unspecified atom stereocenters. The molecular formula is C12H18ClN3O. The molecule has 3 N–H and O–H groups in total. The van der Waals surface area contributed by atoms with Crippen molar-refractivity contribution in [3.63, 3.8) is 0 Å². The van der Waals surface area contributed by atoms with Crippen molar-refractivity contribution >= 4 is 24.0 Å². The predicted molar refractivity (Wildman–Crippen MR) is 70.2 cm³/mol. The van der Waals surface area contributed by atoms with E-state index >= 15 is 0 Å². The average Bonchev–Trinajstić information content (AvgIpc) is 3.07. The topological polar surface area (TPSA) is 68.0 Å². The molecule has 0 aliphatic heterocycles. The van der Waals surface area contributed by atoms with Gasteiger partial charge in [0, 0.05) is 24.6 Å². The summed E-state index contributed by atoms with van der Waals surface area (Å²) in [6.07, 6.45) is 6.64. The van der Waals surface area contributed by atoms with Crippen LogP contribution in [0.4, 0.5) is 5.69 Å². The summed E-state index contributed by atoms with van der Waals surface area (Å²) >= 11 is 0. The van der Waals surface area contributed by atoms with Gasteiger partial charge < -0.3 is 11.1 Å². The van der Waals surface area contributed by atoms with E-state index in [1.54, 1.807) is 12.3 Å². The van der Waals surface area contributed by atoms with Gasteiger partial charge in [0.05, 0.1) is 5.56 Å². The third-order valence-corrected chi connectivity index (χ3v) is 3.43. The molecule has 17 heavy (non-hydrogen) atoms. The Morgan fingerprint density at radius 2 is 2.29 bits per heavy atom. The lowest BCUT2D eigenvalue weighted by Gasteiger charge is -2.13. The molecule has 2 rings (SSSR count). The highest BCUT2D eigenvalue weighted by atomic mass is 35.5. The van der Waals surface area contributed by atoms with Crippen LogP contribution in [0.15, 0.2) is 18.5 Å². The summed E-state index contributed by atoms with van der Waals surface area (Å²) in [5.74, 6) is -0.120. The van der Waals surface area contributed by atoms with E-state index in [-0.39, 0.29) is 18.3 Å². The number of hydrogen-bond acceptors (Lipinski definition) is 3. The quantitative estimate of drug-likeness (QED) is 0.865. The lowest BCUT2D eigenvalue weighted by Crippen LogP contribution is -2.30. The fourth-order valence-electron chi connectivity index (χ4n) is 1.79. The van der Waals surface area contributed by atoms with Gasteiger partial charge >= 0.3 is 0 Å². The molecule has 5 heteroatoms. The van der Waals surface area contributed by atoms with Gasteiger partial charge in [0.25, 0.3) is 5.91 Å². The van der Waals surface area contributed by atoms with E-state index in [0.717, 1.165) is 13.0 Å². The lowest BCUT2D eigenvalue weighted by molar-refractivity contribution is 0.0945. The molecule has 1 amide bonds. The number of anilines is 1. The maximum Gasteiger partial charge on any atom is 0.254 e. The molecule has 1 aliphatic rings. The first-order valence-corrected chi connectivity index (χ1v) is 5.64. The molecule has 1 aromatic heterocycles. The molecule has 1 fully saturated rings. The molecule has 0 saturated heterocycles. The molecule has 1 aromatic rings. The number of nitrogens with two attached hydrogens (primary N) is 1. The zero-order chi connectivity index (χ0) is 11.6. The normalized spacial score (nSPS) is 15.8. The second kappa shape index (κ2) is 5.36. The Bertz CT molecular complexity index is 404. The lowest BCUT2D eigenvalue weighted by atomic mass is 10.0. The standard InChI is InChI=1S/C12H17N3O.ClH/c1-2-12(4-5-12)8-15-11(16)9-7-14-6-3-10(9)13;/h3,6-7H,2,4-5,8H2,1H3,(H2,13,14)(H,15,16);1H. The smallest absolute Gasteiger partial charge is 0.254 e. The number of carbonyl (C=O) groups is 1. The third kappa shape index (κ3) is 3.09. The number of aromatic nitrogens is 1. The van der Waals surface area contributed by atoms with E-state index in [0.29, 0.717) is 16.7 Å². The van der Waals surface area contributed by atoms with Gasteiger partial charge in [-0.15, -0.1) is 12.4 Å². The van der Waals surface area contributed by atoms with E-state index < -0.39 is 0 Å². The zero-order valence-corrected chi connectivity index (χ0v) is 10.7. The van der Waals surface area contributed by atoms with Crippen molar-refractivity contribution < 1.29 is 4.79 Å². The van der Waals surface area contributed by atoms with Crippen LogP contribution >= 0.6 is 12.4 Å². The summed E-state index contributed by atoms with van der Waals surface area (Å²) in [6, 6.07) is 1.64. The highest BCUT2D eigenvalue weighted by Gasteiger charge is 2.40. The Labute approximate surface area is 107 Å². The van der Waals surface area contributed by atoms with Gasteiger partial charge in [-0.1, -0.05) is 6.92 Å². The second-order valence-electron chi connectivity index (χ2n) is 4.50. The Balaban J connectivity index is 0.00000144. The number of carbonyl (C=O) groups excluding carboxylic acids is 1. The van der Waals surface area contributed by atoms with Crippen LogP contribution in [0.2, 0.25) is 0 Å². The van der Waals surface area contributed by atoms with Gasteiger partial charge in [-0.2, -0.15) is 0 Å². The number of hydrogen-bond donors (Lipinski definition) is 2. The van der Waals surface area contributed by atoms with Gasteiger partial charge in [0.1, 0.15) is 0 Å². The molecule has 0 spiro atoms. The maximum atomic E-state index is 11.8. The van der Waals surface area contributed by atoms with Crippen molar-refractivity contribution in [2.45, 2.75) is 26.2 Å². The first kappa shape index (κ1) is 13.8. The number of amides is 1. The van der Waals surface area contributed by atoms with Crippen LogP contribution in [0, 0.1) is 5.41 Å². The minimum atomic E-state index is -0.120. The van der Waals surface area contributed by atoms with Crippen molar-refractivity contribution in [1.29, 1.82) is 0 Å². The number of nitrogens with zero attached hydrogens (tertiary/aromatic N) is 1. The molecule has 94 valence electrons. The summed E-state index contributed by atoms with van der Waals surface area (Å²) in [6.45, 7) is 2.91. The summed E-state index contributed by atoms with van der Waals surface area (Å²) in [5.41, 5.74) is 7.01. The number of pyridine rings is 1. The van der Waals surface area contributed by atoms with Crippen LogP contribution in [0.25, 0.3) is 0 Å². The first-order chi connectivity index (χ1) is 7.67. The van der Waals surface area contributed by atoms with Gasteiger partial charge in [0.2, 0.25) is 0 Å². The Kier molecular flexibility index (Phi) is 4.34. The predicted octanol–water partition coefficient (Wildman–Crippen LogP) is 2.01. The Morgan fingerprint density at radius 3 is 2.82 bits per heavy atom. The van der Waals surface area contributed by atoms with Crippen LogP contribution in [0.5, 0.6) is 0 Å². The zero-order valence-electron chi connectivity index (χ0n) is 9.90. The minimum absolute atomic E-state index is 0. The first-order valence-electron chi connectivity index (χ1n) is 5.64. The van der Waals surface area contributed by atoms with E-state index in [1.165, 1.54) is 19.0 Å². The SMILES string of the molecule is CCC1(CNC(=O)c2cnccc2N)CC1.Cl. The van der Waals surface area contributed by atoms with Crippen LogP contribution in [-0.2, 0) is 0 Å². The van der Waals surface area contributed by atoms with Crippen LogP contribution in [0.1, 0.15) is 36.5 Å². The highest BCUT2D eigenvalue weighted by molar-refractivity contribution is 5.98. The van der Waals surface area contributed by atoms with E-state index in [2.05, 4.69) is 17.2 Å². The third-order valence-electron chi connectivity index (χ3n) is 3.43. The van der Waals surface area contributed by atoms with Gasteiger partial charge in [-0.25, -0.2) is 0 Å². The van der Waals surface area contributed by atoms with Crippen LogP contribution in [-0.4, -0.2) is 17.4 Å². The van der Waals surface area contributed by atoms with Crippen molar-refractivity contribution in [2.24, 2.45) is 5.41 Å². The molecule has 1 aliphatic carbocycles. The maximum absolute atomic E-state index is 11.8. The minimum Gasteiger partial charge on any atom is -0.398 e. The fourth-order valence-corrected chi connectivity index (χ4v) is 1.79. The summed E-state index contributed by atoms with van der Waals surface area (Å²) in [4.78, 5) is 15.7. The van der Waals surface area contributed by atoms with Crippen LogP contribution < -0.4 is 11.1 Å². The molecule has 0 bridgehead atoms. The number of nitrogens with one attached hydrogen (secondary N) is 1. The number of nitrogen functional groups attached to an aromatic ring is 1. The molecule has 0 atom stereocenters. The largest absolute Gasteiger partial charge is 0.398 e. The van der Waals surface area contributed by atoms with E-state index in [9.17, 15) is 4.79 Å². The van der Waals surface area contributed by atoms with Crippen molar-refractivity contribution in [2.75, 3.05) is 12.3 Å². The van der Waals surface area contributed by atoms with E-state index in [1.807, 2.05) is 0 Å². The van der Waals surface area contributed by atoms with Gasteiger partial charge in [0.15, 0.2) is 0 Å². The van der Waals surface area contributed by atoms with Crippen molar-refractivity contribution in [3.8, 4) is 0 Å². The van der Waals surface area contributed by atoms with Crippen molar-refractivity contribution in [3.05, 3.63) is 24.0 Å². The Morgan fingerprint density at radius 1 is 1.59 bits per heavy atom. The number of rotatable bonds is 4. The number of halogens is 1. The molecule has 0 radical (unpaired) electrons. The molecule has 0 aromatic carbocycles. The molecule has 1 saturated carbocycles. The fraction of sp³-hybridized carbons (Fsp3) is 0.500. The van der Waals surface area contributed by atoms with Crippen LogP contribution in [0.3, 0.4) is 0 Å². The average molecular weight is 256 g/mol. The van der Waals surface area contributed by atoms with E-state index in [4.69, 9.17) is 5.73 Å². The van der Waals surface area contributed by atoms with Gasteiger partial charge in [-0.05, 0) is 30.7 Å². The molecule has 4 nitrogen and oxygen atoms in total. The van der Waals surface area contributed by atoms with Gasteiger partial charge in [-0.3, -0.25) is 9.78 Å². The second-order valence-corrected chi connectivity index (χ2v) is 4.50. The summed E-state index contributed by atoms with van der Waals surface area (Å²) in [5, 5.41) is 2.93. The summed E-state index contributed by atoms with van der Waals surface area (Å²) in [7, 11) is 0. The monoisotopic (exact) mass is 255 g/mol. The summed E-state index contributed by atoms with van der Waals surface area (Å²) < 4.78 is 0. The molecular weight excluding hydrogens is 238 g/mol.